The van der Waals surface area contributed by atoms with Crippen LogP contribution in [0.15, 0.2) is 0 Å². The molecule has 22 heavy (non-hydrogen) atoms. The second-order valence-corrected chi connectivity index (χ2v) is 13.0. The van der Waals surface area contributed by atoms with Crippen LogP contribution in [0.25, 0.3) is 0 Å². The lowest BCUT2D eigenvalue weighted by Crippen LogP contribution is -2.49. The van der Waals surface area contributed by atoms with E-state index in [0.717, 1.165) is 12.8 Å². The fraction of sp³-hybridized carbons (Fsp3) is 0.875. The second-order valence-electron chi connectivity index (χ2n) is 8.27. The number of nitrogens with zero attached hydrogens (tertiary/aromatic N) is 1. The molecule has 6 heteroatoms. The average molecular weight is 327 g/mol. The predicted octanol–water partition coefficient (Wildman–Crippen LogP) is 2.86. The normalized spacial score (nSPS) is 29.7. The minimum absolute atomic E-state index is 0.00114. The van der Waals surface area contributed by atoms with Crippen LogP contribution in [-0.4, -0.2) is 48.4 Å². The van der Waals surface area contributed by atoms with Crippen molar-refractivity contribution in [1.82, 2.24) is 4.90 Å². The first kappa shape index (κ1) is 17.5. The number of amides is 1. The van der Waals surface area contributed by atoms with E-state index < -0.39 is 20.3 Å². The number of hydrogen-bond donors (Lipinski definition) is 1. The fourth-order valence-electron chi connectivity index (χ4n) is 2.81. The van der Waals surface area contributed by atoms with Crippen LogP contribution in [0.4, 0.5) is 0 Å². The number of carbonyl (C=O) groups is 2. The van der Waals surface area contributed by atoms with E-state index in [2.05, 4.69) is 33.9 Å². The lowest BCUT2D eigenvalue weighted by Gasteiger charge is -2.39. The molecule has 0 radical (unpaired) electrons. The van der Waals surface area contributed by atoms with Crippen molar-refractivity contribution in [2.75, 3.05) is 0 Å². The molecule has 2 unspecified atom stereocenters. The second kappa shape index (κ2) is 5.64. The van der Waals surface area contributed by atoms with Gasteiger partial charge < -0.3 is 14.4 Å². The quantitative estimate of drug-likeness (QED) is 0.806. The van der Waals surface area contributed by atoms with Gasteiger partial charge in [-0.1, -0.05) is 20.8 Å². The van der Waals surface area contributed by atoms with Crippen LogP contribution in [0.3, 0.4) is 0 Å². The first-order valence-electron chi connectivity index (χ1n) is 8.18. The Labute approximate surface area is 134 Å². The van der Waals surface area contributed by atoms with Crippen LogP contribution < -0.4 is 0 Å². The molecule has 1 aliphatic carbocycles. The van der Waals surface area contributed by atoms with Gasteiger partial charge in [0, 0.05) is 12.3 Å². The van der Waals surface area contributed by atoms with E-state index in [1.54, 1.807) is 4.90 Å². The van der Waals surface area contributed by atoms with Gasteiger partial charge in [-0.3, -0.25) is 4.79 Å². The van der Waals surface area contributed by atoms with Crippen molar-refractivity contribution in [2.24, 2.45) is 5.92 Å². The molecule has 1 heterocycles. The Morgan fingerprint density at radius 2 is 1.77 bits per heavy atom. The molecule has 126 valence electrons. The maximum absolute atomic E-state index is 12.5. The third-order valence-electron chi connectivity index (χ3n) is 5.49. The molecule has 3 atom stereocenters. The first-order valence-corrected chi connectivity index (χ1v) is 11.1. The van der Waals surface area contributed by atoms with Gasteiger partial charge in [-0.25, -0.2) is 4.79 Å². The summed E-state index contributed by atoms with van der Waals surface area (Å²) in [6, 6.07) is -0.902. The molecular weight excluding hydrogens is 298 g/mol. The zero-order valence-electron chi connectivity index (χ0n) is 14.5. The van der Waals surface area contributed by atoms with Crippen molar-refractivity contribution in [3.05, 3.63) is 0 Å². The number of carboxylic acids is 1. The van der Waals surface area contributed by atoms with Gasteiger partial charge in [0.1, 0.15) is 6.04 Å². The molecule has 2 aliphatic rings. The summed E-state index contributed by atoms with van der Waals surface area (Å²) < 4.78 is 6.42. The van der Waals surface area contributed by atoms with Crippen molar-refractivity contribution < 1.29 is 19.1 Å². The van der Waals surface area contributed by atoms with E-state index in [1.165, 1.54) is 0 Å². The molecule has 5 nitrogen and oxygen atoms in total. The monoisotopic (exact) mass is 327 g/mol. The average Bonchev–Trinajstić information content (AvgIpc) is 3.14. The Hall–Kier alpha value is -0.883. The van der Waals surface area contributed by atoms with Crippen molar-refractivity contribution in [1.29, 1.82) is 0 Å². The van der Waals surface area contributed by atoms with Crippen LogP contribution in [0.2, 0.25) is 18.1 Å². The van der Waals surface area contributed by atoms with Gasteiger partial charge in [0.25, 0.3) is 0 Å². The molecule has 1 N–H and O–H groups in total. The van der Waals surface area contributed by atoms with Gasteiger partial charge in [-0.05, 0) is 37.9 Å². The minimum atomic E-state index is -1.98. The van der Waals surface area contributed by atoms with Gasteiger partial charge in [0.05, 0.1) is 12.1 Å². The summed E-state index contributed by atoms with van der Waals surface area (Å²) in [7, 11) is -1.98. The van der Waals surface area contributed by atoms with Gasteiger partial charge in [0.15, 0.2) is 8.32 Å². The smallest absolute Gasteiger partial charge is 0.326 e. The number of carboxylic acid groups (broad SMARTS) is 1. The lowest BCUT2D eigenvalue weighted by atomic mass is 10.1. The highest BCUT2D eigenvalue weighted by Gasteiger charge is 2.51. The molecule has 0 bridgehead atoms. The van der Waals surface area contributed by atoms with Gasteiger partial charge in [-0.2, -0.15) is 0 Å². The maximum Gasteiger partial charge on any atom is 0.326 e. The van der Waals surface area contributed by atoms with E-state index >= 15 is 0 Å². The molecule has 0 aromatic heterocycles. The molecule has 1 aliphatic heterocycles. The van der Waals surface area contributed by atoms with Gasteiger partial charge in [-0.15, -0.1) is 0 Å². The number of aliphatic carboxylic acids is 1. The lowest BCUT2D eigenvalue weighted by molar-refractivity contribution is -0.150. The number of hydrogen-bond acceptors (Lipinski definition) is 3. The number of likely N-dealkylation sites (tertiary alicyclic amines) is 1. The Morgan fingerprint density at radius 1 is 1.23 bits per heavy atom. The van der Waals surface area contributed by atoms with Crippen LogP contribution in [-0.2, 0) is 14.0 Å². The van der Waals surface area contributed by atoms with Crippen molar-refractivity contribution in [2.45, 2.75) is 83.3 Å². The van der Waals surface area contributed by atoms with E-state index in [0.29, 0.717) is 6.42 Å². The van der Waals surface area contributed by atoms with Crippen LogP contribution in [0.5, 0.6) is 0 Å². The summed E-state index contributed by atoms with van der Waals surface area (Å²) >= 11 is 0. The molecule has 2 rings (SSSR count). The van der Waals surface area contributed by atoms with E-state index in [9.17, 15) is 14.7 Å². The fourth-order valence-corrected chi connectivity index (χ4v) is 4.21. The van der Waals surface area contributed by atoms with Crippen LogP contribution in [0, 0.1) is 5.92 Å². The molecular formula is C16H29NO4Si. The zero-order valence-corrected chi connectivity index (χ0v) is 15.5. The standard InChI is InChI=1S/C16H29NO4Si/c1-10-13(21-22(5,6)16(2,3)4)9-12(15(19)20)17(10)14(18)11-7-8-11/h10-13H,7-9H2,1-6H3,(H,19,20)/t10?,12?,13-/m0/s1. The largest absolute Gasteiger partial charge is 0.480 e. The maximum atomic E-state index is 12.5. The van der Waals surface area contributed by atoms with Gasteiger partial charge in [0.2, 0.25) is 5.91 Å². The predicted molar refractivity (Wildman–Crippen MR) is 87.1 cm³/mol. The first-order chi connectivity index (χ1) is 9.95. The van der Waals surface area contributed by atoms with Crippen LogP contribution in [0.1, 0.15) is 47.0 Å². The van der Waals surface area contributed by atoms with Gasteiger partial charge >= 0.3 is 5.97 Å². The Bertz CT molecular complexity index is 467. The highest BCUT2D eigenvalue weighted by atomic mass is 28.4. The Balaban J connectivity index is 2.17. The third kappa shape index (κ3) is 3.22. The van der Waals surface area contributed by atoms with Crippen molar-refractivity contribution >= 4 is 20.2 Å². The van der Waals surface area contributed by atoms with E-state index in [-0.39, 0.29) is 29.0 Å². The minimum Gasteiger partial charge on any atom is -0.480 e. The Morgan fingerprint density at radius 3 is 2.18 bits per heavy atom. The summed E-state index contributed by atoms with van der Waals surface area (Å²) in [5.74, 6) is -0.876. The molecule has 0 aromatic carbocycles. The number of carbonyl (C=O) groups excluding carboxylic acids is 1. The summed E-state index contributed by atoms with van der Waals surface area (Å²) in [6.45, 7) is 12.8. The molecule has 1 saturated heterocycles. The van der Waals surface area contributed by atoms with Crippen LogP contribution >= 0.6 is 0 Å². The summed E-state index contributed by atoms with van der Waals surface area (Å²) in [5.41, 5.74) is 0. The van der Waals surface area contributed by atoms with Crippen molar-refractivity contribution in [3.63, 3.8) is 0 Å². The number of rotatable bonds is 4. The van der Waals surface area contributed by atoms with E-state index in [1.807, 2.05) is 6.92 Å². The molecule has 1 amide bonds. The molecule has 1 saturated carbocycles. The highest BCUT2D eigenvalue weighted by Crippen LogP contribution is 2.41. The summed E-state index contributed by atoms with van der Waals surface area (Å²) in [5, 5.41) is 9.56. The van der Waals surface area contributed by atoms with E-state index in [4.69, 9.17) is 4.43 Å². The summed E-state index contributed by atoms with van der Waals surface area (Å²) in [6.07, 6.45) is 2.01. The zero-order chi connectivity index (χ0) is 16.9. The molecule has 2 fully saturated rings. The SMILES string of the molecule is CC1[C@@H](O[Si](C)(C)C(C)(C)C)CC(C(=O)O)N1C(=O)C1CC1. The molecule has 0 aromatic rings. The molecule has 0 spiro atoms. The summed E-state index contributed by atoms with van der Waals surface area (Å²) in [4.78, 5) is 25.6. The highest BCUT2D eigenvalue weighted by molar-refractivity contribution is 6.74. The van der Waals surface area contributed by atoms with Crippen molar-refractivity contribution in [3.8, 4) is 0 Å². The third-order valence-corrected chi connectivity index (χ3v) is 9.99. The Kier molecular flexibility index (Phi) is 4.48. The topological polar surface area (TPSA) is 66.8 Å².